The maximum Gasteiger partial charge on any atom is 0.162 e. The molecule has 1 rings (SSSR count). The zero-order valence-electron chi connectivity index (χ0n) is 8.47. The number of aromatic hydroxyl groups is 1. The van der Waals surface area contributed by atoms with Crippen molar-refractivity contribution in [3.05, 3.63) is 22.2 Å². The molecule has 4 heteroatoms. The molecule has 0 unspecified atom stereocenters. The van der Waals surface area contributed by atoms with Crippen LogP contribution in [0.2, 0.25) is 0 Å². The van der Waals surface area contributed by atoms with E-state index in [-0.39, 0.29) is 5.75 Å². The van der Waals surface area contributed by atoms with Crippen LogP contribution in [-0.2, 0) is 5.54 Å². The molecule has 0 saturated carbocycles. The first-order valence-corrected chi connectivity index (χ1v) is 5.01. The van der Waals surface area contributed by atoms with E-state index in [0.29, 0.717) is 11.3 Å². The predicted molar refractivity (Wildman–Crippen MR) is 59.6 cm³/mol. The van der Waals surface area contributed by atoms with Crippen LogP contribution in [0.5, 0.6) is 11.5 Å². The molecule has 0 atom stereocenters. The summed E-state index contributed by atoms with van der Waals surface area (Å²) in [6.07, 6.45) is 0. The lowest BCUT2D eigenvalue weighted by Crippen LogP contribution is -2.28. The Balaban J connectivity index is 3.37. The number of hydrogen-bond acceptors (Lipinski definition) is 3. The van der Waals surface area contributed by atoms with Crippen molar-refractivity contribution in [3.63, 3.8) is 0 Å². The molecule has 0 amide bonds. The summed E-state index contributed by atoms with van der Waals surface area (Å²) in [5.74, 6) is 0.524. The highest BCUT2D eigenvalue weighted by molar-refractivity contribution is 9.10. The van der Waals surface area contributed by atoms with E-state index in [1.807, 2.05) is 13.8 Å². The number of benzene rings is 1. The van der Waals surface area contributed by atoms with E-state index in [0.717, 1.165) is 4.47 Å². The first kappa shape index (κ1) is 11.3. The fourth-order valence-electron chi connectivity index (χ4n) is 1.22. The minimum Gasteiger partial charge on any atom is -0.504 e. The summed E-state index contributed by atoms with van der Waals surface area (Å²) in [4.78, 5) is 0. The van der Waals surface area contributed by atoms with Crippen LogP contribution in [0.3, 0.4) is 0 Å². The van der Waals surface area contributed by atoms with Gasteiger partial charge in [0.05, 0.1) is 7.11 Å². The summed E-state index contributed by atoms with van der Waals surface area (Å²) in [5.41, 5.74) is 5.97. The normalized spacial score (nSPS) is 11.5. The molecule has 0 aliphatic heterocycles. The van der Waals surface area contributed by atoms with Crippen LogP contribution in [0.1, 0.15) is 19.4 Å². The molecular weight excluding hydrogens is 246 g/mol. The average Bonchev–Trinajstić information content (AvgIpc) is 2.06. The highest BCUT2D eigenvalue weighted by Gasteiger charge is 2.21. The third-order valence-electron chi connectivity index (χ3n) is 1.95. The maximum atomic E-state index is 9.82. The number of nitrogens with two attached hydrogens (primary N) is 1. The Morgan fingerprint density at radius 1 is 1.43 bits per heavy atom. The van der Waals surface area contributed by atoms with Crippen molar-refractivity contribution < 1.29 is 9.84 Å². The predicted octanol–water partition coefficient (Wildman–Crippen LogP) is 2.36. The Hall–Kier alpha value is -0.740. The van der Waals surface area contributed by atoms with Gasteiger partial charge in [-0.25, -0.2) is 0 Å². The van der Waals surface area contributed by atoms with E-state index in [2.05, 4.69) is 15.9 Å². The van der Waals surface area contributed by atoms with Gasteiger partial charge < -0.3 is 15.6 Å². The van der Waals surface area contributed by atoms with Crippen LogP contribution in [0.15, 0.2) is 16.6 Å². The van der Waals surface area contributed by atoms with E-state index in [1.54, 1.807) is 12.1 Å². The van der Waals surface area contributed by atoms with Gasteiger partial charge in [-0.05, 0) is 26.0 Å². The van der Waals surface area contributed by atoms with Crippen molar-refractivity contribution >= 4 is 15.9 Å². The topological polar surface area (TPSA) is 55.5 Å². The van der Waals surface area contributed by atoms with Gasteiger partial charge in [0.25, 0.3) is 0 Å². The van der Waals surface area contributed by atoms with Crippen LogP contribution in [-0.4, -0.2) is 12.2 Å². The summed E-state index contributed by atoms with van der Waals surface area (Å²) in [6, 6.07) is 3.49. The van der Waals surface area contributed by atoms with Crippen molar-refractivity contribution in [1.29, 1.82) is 0 Å². The van der Waals surface area contributed by atoms with Gasteiger partial charge in [-0.1, -0.05) is 15.9 Å². The summed E-state index contributed by atoms with van der Waals surface area (Å²) in [5, 5.41) is 9.82. The monoisotopic (exact) mass is 259 g/mol. The lowest BCUT2D eigenvalue weighted by Gasteiger charge is -2.21. The van der Waals surface area contributed by atoms with Gasteiger partial charge in [0.15, 0.2) is 11.5 Å². The molecule has 0 heterocycles. The third-order valence-corrected chi connectivity index (χ3v) is 2.41. The second kappa shape index (κ2) is 3.79. The second-order valence-electron chi connectivity index (χ2n) is 3.73. The van der Waals surface area contributed by atoms with Crippen LogP contribution in [0.4, 0.5) is 0 Å². The first-order valence-electron chi connectivity index (χ1n) is 4.22. The minimum absolute atomic E-state index is 0.100. The van der Waals surface area contributed by atoms with Crippen LogP contribution in [0.25, 0.3) is 0 Å². The smallest absolute Gasteiger partial charge is 0.162 e. The van der Waals surface area contributed by atoms with Crippen molar-refractivity contribution in [1.82, 2.24) is 0 Å². The summed E-state index contributed by atoms with van der Waals surface area (Å²) >= 11 is 3.33. The fourth-order valence-corrected chi connectivity index (χ4v) is 1.66. The van der Waals surface area contributed by atoms with Crippen molar-refractivity contribution in [2.75, 3.05) is 7.11 Å². The van der Waals surface area contributed by atoms with E-state index < -0.39 is 5.54 Å². The Morgan fingerprint density at radius 3 is 2.43 bits per heavy atom. The summed E-state index contributed by atoms with van der Waals surface area (Å²) in [7, 11) is 1.51. The molecule has 1 aromatic rings. The van der Waals surface area contributed by atoms with Gasteiger partial charge in [0, 0.05) is 15.6 Å². The second-order valence-corrected chi connectivity index (χ2v) is 4.64. The quantitative estimate of drug-likeness (QED) is 0.858. The zero-order valence-corrected chi connectivity index (χ0v) is 10.1. The number of halogens is 1. The molecule has 0 aliphatic rings. The lowest BCUT2D eigenvalue weighted by atomic mass is 9.94. The number of phenols is 1. The zero-order chi connectivity index (χ0) is 10.9. The molecule has 3 N–H and O–H groups in total. The van der Waals surface area contributed by atoms with Gasteiger partial charge in [0.2, 0.25) is 0 Å². The average molecular weight is 260 g/mol. The molecule has 0 saturated heterocycles. The SMILES string of the molecule is COc1cc(Br)cc(C(C)(C)N)c1O. The van der Waals surface area contributed by atoms with Crippen LogP contribution >= 0.6 is 15.9 Å². The van der Waals surface area contributed by atoms with E-state index in [1.165, 1.54) is 7.11 Å². The van der Waals surface area contributed by atoms with Gasteiger partial charge >= 0.3 is 0 Å². The van der Waals surface area contributed by atoms with Gasteiger partial charge in [-0.2, -0.15) is 0 Å². The standard InChI is InChI=1S/C10H14BrNO2/c1-10(2,12)7-4-6(11)5-8(14-3)9(7)13/h4-5,13H,12H2,1-3H3. The van der Waals surface area contributed by atoms with E-state index in [4.69, 9.17) is 10.5 Å². The Kier molecular flexibility index (Phi) is 3.07. The number of ether oxygens (including phenoxy) is 1. The fraction of sp³-hybridized carbons (Fsp3) is 0.400. The molecule has 0 spiro atoms. The molecular formula is C10H14BrNO2. The van der Waals surface area contributed by atoms with Gasteiger partial charge in [0.1, 0.15) is 0 Å². The van der Waals surface area contributed by atoms with E-state index in [9.17, 15) is 5.11 Å². The lowest BCUT2D eigenvalue weighted by molar-refractivity contribution is 0.362. The van der Waals surface area contributed by atoms with Crippen molar-refractivity contribution in [2.45, 2.75) is 19.4 Å². The molecule has 0 bridgehead atoms. The number of rotatable bonds is 2. The van der Waals surface area contributed by atoms with Crippen LogP contribution in [0, 0.1) is 0 Å². The van der Waals surface area contributed by atoms with Gasteiger partial charge in [-0.3, -0.25) is 0 Å². The highest BCUT2D eigenvalue weighted by Crippen LogP contribution is 2.37. The Morgan fingerprint density at radius 2 is 2.00 bits per heavy atom. The first-order chi connectivity index (χ1) is 6.36. The Labute approximate surface area is 92.0 Å². The maximum absolute atomic E-state index is 9.82. The minimum atomic E-state index is -0.596. The molecule has 0 radical (unpaired) electrons. The number of methoxy groups -OCH3 is 1. The van der Waals surface area contributed by atoms with Crippen molar-refractivity contribution in [3.8, 4) is 11.5 Å². The molecule has 3 nitrogen and oxygen atoms in total. The molecule has 14 heavy (non-hydrogen) atoms. The largest absolute Gasteiger partial charge is 0.504 e. The molecule has 0 aliphatic carbocycles. The summed E-state index contributed by atoms with van der Waals surface area (Å²) in [6.45, 7) is 3.65. The van der Waals surface area contributed by atoms with E-state index >= 15 is 0 Å². The highest BCUT2D eigenvalue weighted by atomic mass is 79.9. The third kappa shape index (κ3) is 2.19. The number of hydrogen-bond donors (Lipinski definition) is 2. The number of phenolic OH excluding ortho intramolecular Hbond substituents is 1. The molecule has 0 aromatic heterocycles. The molecule has 0 fully saturated rings. The van der Waals surface area contributed by atoms with Crippen LogP contribution < -0.4 is 10.5 Å². The van der Waals surface area contributed by atoms with Crippen molar-refractivity contribution in [2.24, 2.45) is 5.73 Å². The molecule has 1 aromatic carbocycles. The molecule has 78 valence electrons. The summed E-state index contributed by atoms with van der Waals surface area (Å²) < 4.78 is 5.86. The van der Waals surface area contributed by atoms with Gasteiger partial charge in [-0.15, -0.1) is 0 Å². The Bertz CT molecular complexity index is 345.